The summed E-state index contributed by atoms with van der Waals surface area (Å²) in [5, 5.41) is 8.78. The Hall–Kier alpha value is -3.07. The van der Waals surface area contributed by atoms with Crippen LogP contribution in [0, 0.1) is 12.7 Å². The van der Waals surface area contributed by atoms with Crippen molar-refractivity contribution in [2.24, 2.45) is 7.05 Å². The maximum atomic E-state index is 14.2. The molecule has 0 bridgehead atoms. The van der Waals surface area contributed by atoms with E-state index < -0.39 is 0 Å². The molecule has 4 aromatic rings. The lowest BCUT2D eigenvalue weighted by Gasteiger charge is -2.26. The van der Waals surface area contributed by atoms with Crippen LogP contribution in [0.4, 0.5) is 4.39 Å². The zero-order valence-electron chi connectivity index (χ0n) is 18.3. The maximum absolute atomic E-state index is 14.2. The Morgan fingerprint density at radius 3 is 2.94 bits per heavy atom. The minimum Gasteiger partial charge on any atom is -0.487 e. The van der Waals surface area contributed by atoms with Crippen LogP contribution in [0.2, 0.25) is 5.02 Å². The molecule has 170 valence electrons. The fraction of sp³-hybridized carbons (Fsp3) is 0.292. The summed E-state index contributed by atoms with van der Waals surface area (Å²) in [6.07, 6.45) is 1.53. The van der Waals surface area contributed by atoms with Crippen LogP contribution in [0.3, 0.4) is 0 Å². The molecule has 2 aromatic heterocycles. The molecule has 0 spiro atoms. The molecule has 2 aromatic carbocycles. The van der Waals surface area contributed by atoms with Crippen molar-refractivity contribution in [2.45, 2.75) is 19.6 Å². The second-order valence-corrected chi connectivity index (χ2v) is 8.40. The van der Waals surface area contributed by atoms with E-state index in [0.717, 1.165) is 39.1 Å². The normalized spacial score (nSPS) is 16.3. The monoisotopic (exact) mass is 467 g/mol. The number of aryl methyl sites for hydroxylation is 2. The van der Waals surface area contributed by atoms with Gasteiger partial charge in [-0.25, -0.2) is 19.0 Å². The Bertz CT molecular complexity index is 1320. The van der Waals surface area contributed by atoms with E-state index in [4.69, 9.17) is 26.1 Å². The van der Waals surface area contributed by atoms with Crippen molar-refractivity contribution in [2.75, 3.05) is 19.8 Å². The molecule has 5 rings (SSSR count). The van der Waals surface area contributed by atoms with Crippen LogP contribution in [0.1, 0.15) is 22.9 Å². The van der Waals surface area contributed by atoms with E-state index in [1.54, 1.807) is 4.68 Å². The average molecular weight is 468 g/mol. The van der Waals surface area contributed by atoms with Gasteiger partial charge in [0.25, 0.3) is 0 Å². The third kappa shape index (κ3) is 4.29. The summed E-state index contributed by atoms with van der Waals surface area (Å²) in [5.41, 5.74) is 3.94. The highest BCUT2D eigenvalue weighted by atomic mass is 35.5. The van der Waals surface area contributed by atoms with Crippen molar-refractivity contribution in [3.63, 3.8) is 0 Å². The number of morpholine rings is 1. The molecule has 33 heavy (non-hydrogen) atoms. The predicted octanol–water partition coefficient (Wildman–Crippen LogP) is 4.37. The molecular weight excluding hydrogens is 445 g/mol. The molecule has 3 heterocycles. The summed E-state index contributed by atoms with van der Waals surface area (Å²) in [6.45, 7) is 3.86. The fourth-order valence-corrected chi connectivity index (χ4v) is 4.46. The van der Waals surface area contributed by atoms with Crippen LogP contribution in [-0.2, 0) is 18.4 Å². The number of pyridine rings is 1. The largest absolute Gasteiger partial charge is 0.487 e. The van der Waals surface area contributed by atoms with E-state index in [9.17, 15) is 4.39 Å². The number of fused-ring (bicyclic) bond motifs is 1. The van der Waals surface area contributed by atoms with Gasteiger partial charge in [0.2, 0.25) is 0 Å². The Balaban J connectivity index is 1.53. The highest BCUT2D eigenvalue weighted by Gasteiger charge is 2.22. The lowest BCUT2D eigenvalue weighted by molar-refractivity contribution is 0.0762. The second kappa shape index (κ2) is 9.05. The summed E-state index contributed by atoms with van der Waals surface area (Å²) in [7, 11) is 1.85. The Morgan fingerprint density at radius 2 is 2.18 bits per heavy atom. The van der Waals surface area contributed by atoms with Gasteiger partial charge >= 0.3 is 0 Å². The number of para-hydroxylation sites is 1. The molecule has 1 atom stereocenters. The van der Waals surface area contributed by atoms with Crippen LogP contribution in [0.15, 0.2) is 42.7 Å². The van der Waals surface area contributed by atoms with Gasteiger partial charge in [0.15, 0.2) is 5.82 Å². The molecule has 9 heteroatoms. The van der Waals surface area contributed by atoms with Crippen molar-refractivity contribution >= 4 is 22.5 Å². The highest BCUT2D eigenvalue weighted by molar-refractivity contribution is 6.31. The van der Waals surface area contributed by atoms with Gasteiger partial charge in [0.1, 0.15) is 30.0 Å². The number of hydrogen-bond donors (Lipinski definition) is 1. The van der Waals surface area contributed by atoms with E-state index in [-0.39, 0.29) is 18.5 Å². The predicted molar refractivity (Wildman–Crippen MR) is 124 cm³/mol. The Morgan fingerprint density at radius 1 is 1.30 bits per heavy atom. The quantitative estimate of drug-likeness (QED) is 0.470. The van der Waals surface area contributed by atoms with Crippen molar-refractivity contribution < 1.29 is 13.9 Å². The van der Waals surface area contributed by atoms with Crippen molar-refractivity contribution in [1.29, 1.82) is 0 Å². The summed E-state index contributed by atoms with van der Waals surface area (Å²) in [4.78, 5) is 9.12. The first-order valence-electron chi connectivity index (χ1n) is 10.7. The number of benzene rings is 2. The van der Waals surface area contributed by atoms with Gasteiger partial charge in [-0.05, 0) is 36.8 Å². The Labute approximate surface area is 195 Å². The van der Waals surface area contributed by atoms with Gasteiger partial charge in [0, 0.05) is 35.8 Å². The lowest BCUT2D eigenvalue weighted by Crippen LogP contribution is -2.35. The van der Waals surface area contributed by atoms with Gasteiger partial charge in [0.05, 0.1) is 24.3 Å². The van der Waals surface area contributed by atoms with Gasteiger partial charge < -0.3 is 14.8 Å². The first kappa shape index (κ1) is 21.8. The summed E-state index contributed by atoms with van der Waals surface area (Å²) in [5.74, 6) is 0.968. The first-order valence-corrected chi connectivity index (χ1v) is 11.1. The van der Waals surface area contributed by atoms with E-state index in [0.29, 0.717) is 30.5 Å². The van der Waals surface area contributed by atoms with E-state index in [1.165, 1.54) is 18.5 Å². The number of nitrogens with zero attached hydrogens (tertiary/aromatic N) is 4. The SMILES string of the molecule is Cc1cc(-c2ncnn2C)c2cccc(OCc3c(Cl)cc(F)cc3C3COCCN3)c2n1. The minimum atomic E-state index is -0.387. The van der Waals surface area contributed by atoms with E-state index in [1.807, 2.05) is 38.2 Å². The number of nitrogens with one attached hydrogen (secondary N) is 1. The number of aromatic nitrogens is 4. The average Bonchev–Trinajstić information content (AvgIpc) is 3.24. The fourth-order valence-electron chi connectivity index (χ4n) is 4.19. The number of hydrogen-bond acceptors (Lipinski definition) is 6. The highest BCUT2D eigenvalue weighted by Crippen LogP contribution is 2.34. The molecule has 1 aliphatic rings. The first-order chi connectivity index (χ1) is 16.0. The molecule has 7 nitrogen and oxygen atoms in total. The van der Waals surface area contributed by atoms with Gasteiger partial charge in [-0.2, -0.15) is 5.10 Å². The number of ether oxygens (including phenoxy) is 2. The molecule has 0 aliphatic carbocycles. The third-order valence-corrected chi connectivity index (χ3v) is 6.08. The molecule has 1 unspecified atom stereocenters. The standard InChI is InChI=1S/C24H23ClFN5O2/c1-14-8-18(24-28-13-29-31(24)2)16-4-3-5-22(23(16)30-14)33-11-19-17(9-15(26)10-20(19)25)21-12-32-7-6-27-21/h3-5,8-10,13,21,27H,6-7,11-12H2,1-2H3. The van der Waals surface area contributed by atoms with Crippen molar-refractivity contribution in [3.8, 4) is 17.1 Å². The summed E-state index contributed by atoms with van der Waals surface area (Å²) >= 11 is 6.45. The van der Waals surface area contributed by atoms with E-state index in [2.05, 4.69) is 15.4 Å². The van der Waals surface area contributed by atoms with Crippen LogP contribution in [0.5, 0.6) is 5.75 Å². The molecule has 1 aliphatic heterocycles. The molecule has 0 amide bonds. The molecule has 0 saturated carbocycles. The van der Waals surface area contributed by atoms with Gasteiger partial charge in [-0.15, -0.1) is 0 Å². The van der Waals surface area contributed by atoms with Crippen molar-refractivity contribution in [1.82, 2.24) is 25.1 Å². The topological polar surface area (TPSA) is 74.1 Å². The second-order valence-electron chi connectivity index (χ2n) is 8.00. The Kier molecular flexibility index (Phi) is 5.97. The molecule has 1 fully saturated rings. The zero-order valence-corrected chi connectivity index (χ0v) is 19.1. The van der Waals surface area contributed by atoms with E-state index >= 15 is 0 Å². The van der Waals surface area contributed by atoms with Crippen LogP contribution >= 0.6 is 11.6 Å². The van der Waals surface area contributed by atoms with Crippen molar-refractivity contribution in [3.05, 3.63) is 70.4 Å². The maximum Gasteiger partial charge on any atom is 0.158 e. The van der Waals surface area contributed by atoms with Crippen LogP contribution in [0.25, 0.3) is 22.3 Å². The smallest absolute Gasteiger partial charge is 0.158 e. The molecule has 1 N–H and O–H groups in total. The third-order valence-electron chi connectivity index (χ3n) is 5.75. The number of rotatable bonds is 5. The lowest BCUT2D eigenvalue weighted by atomic mass is 10.00. The summed E-state index contributed by atoms with van der Waals surface area (Å²) in [6, 6.07) is 10.4. The van der Waals surface area contributed by atoms with Crippen LogP contribution in [-0.4, -0.2) is 39.5 Å². The molecule has 1 saturated heterocycles. The summed E-state index contributed by atoms with van der Waals surface area (Å²) < 4.78 is 27.7. The number of halogens is 2. The van der Waals surface area contributed by atoms with Gasteiger partial charge in [-0.1, -0.05) is 23.7 Å². The minimum absolute atomic E-state index is 0.152. The van der Waals surface area contributed by atoms with Gasteiger partial charge in [-0.3, -0.25) is 0 Å². The zero-order chi connectivity index (χ0) is 22.9. The molecular formula is C24H23ClFN5O2. The molecule has 0 radical (unpaired) electrons. The van der Waals surface area contributed by atoms with Crippen LogP contribution < -0.4 is 10.1 Å².